The summed E-state index contributed by atoms with van der Waals surface area (Å²) in [6.45, 7) is 4.08. The average molecular weight is 396 g/mol. The molecule has 0 atom stereocenters. The van der Waals surface area contributed by atoms with Gasteiger partial charge in [0, 0.05) is 24.7 Å². The van der Waals surface area contributed by atoms with Crippen molar-refractivity contribution in [3.8, 4) is 0 Å². The van der Waals surface area contributed by atoms with Crippen LogP contribution in [0.1, 0.15) is 33.9 Å². The molecule has 0 fully saturated rings. The average Bonchev–Trinajstić information content (AvgIpc) is 3.13. The van der Waals surface area contributed by atoms with Gasteiger partial charge in [0.2, 0.25) is 10.0 Å². The van der Waals surface area contributed by atoms with Gasteiger partial charge in [0.05, 0.1) is 21.9 Å². The van der Waals surface area contributed by atoms with Crippen molar-refractivity contribution in [2.75, 3.05) is 25.5 Å². The molecule has 1 aromatic heterocycles. The van der Waals surface area contributed by atoms with Gasteiger partial charge in [-0.05, 0) is 37.3 Å². The zero-order chi connectivity index (χ0) is 19.3. The van der Waals surface area contributed by atoms with Crippen molar-refractivity contribution in [1.29, 1.82) is 0 Å². The van der Waals surface area contributed by atoms with Gasteiger partial charge in [-0.1, -0.05) is 6.92 Å². The SMILES string of the molecule is CCOC(=O)c1ccc(NC(=O)c2cc(S(=O)(=O)N(C)CC)cs2)cc1. The first-order valence-corrected chi connectivity index (χ1v) is 10.2. The molecule has 0 saturated carbocycles. The molecular weight excluding hydrogens is 376 g/mol. The predicted molar refractivity (Wildman–Crippen MR) is 100 cm³/mol. The van der Waals surface area contributed by atoms with Gasteiger partial charge in [0.15, 0.2) is 0 Å². The summed E-state index contributed by atoms with van der Waals surface area (Å²) < 4.78 is 30.6. The third kappa shape index (κ3) is 4.48. The minimum atomic E-state index is -3.58. The fraction of sp³-hybridized carbons (Fsp3) is 0.294. The number of thiophene rings is 1. The van der Waals surface area contributed by atoms with E-state index in [9.17, 15) is 18.0 Å². The lowest BCUT2D eigenvalue weighted by molar-refractivity contribution is 0.0526. The van der Waals surface area contributed by atoms with Crippen molar-refractivity contribution in [3.05, 3.63) is 46.2 Å². The second kappa shape index (κ2) is 8.43. The minimum Gasteiger partial charge on any atom is -0.462 e. The number of amides is 1. The Bertz CT molecular complexity index is 888. The first-order chi connectivity index (χ1) is 12.3. The van der Waals surface area contributed by atoms with Crippen molar-refractivity contribution in [2.24, 2.45) is 0 Å². The Balaban J connectivity index is 2.10. The van der Waals surface area contributed by atoms with E-state index in [4.69, 9.17) is 4.74 Å². The number of carbonyl (C=O) groups excluding carboxylic acids is 2. The van der Waals surface area contributed by atoms with Crippen LogP contribution in [0.2, 0.25) is 0 Å². The van der Waals surface area contributed by atoms with Gasteiger partial charge >= 0.3 is 5.97 Å². The molecule has 0 aliphatic rings. The van der Waals surface area contributed by atoms with E-state index in [0.29, 0.717) is 17.8 Å². The van der Waals surface area contributed by atoms with Gasteiger partial charge in [0.25, 0.3) is 5.91 Å². The van der Waals surface area contributed by atoms with E-state index in [0.717, 1.165) is 11.3 Å². The van der Waals surface area contributed by atoms with Crippen LogP contribution < -0.4 is 5.32 Å². The van der Waals surface area contributed by atoms with Crippen LogP contribution in [-0.4, -0.2) is 44.8 Å². The van der Waals surface area contributed by atoms with Gasteiger partial charge < -0.3 is 10.1 Å². The minimum absolute atomic E-state index is 0.0923. The van der Waals surface area contributed by atoms with E-state index in [1.165, 1.54) is 22.8 Å². The highest BCUT2D eigenvalue weighted by atomic mass is 32.2. The molecular formula is C17H20N2O5S2. The first kappa shape index (κ1) is 20.1. The van der Waals surface area contributed by atoms with E-state index >= 15 is 0 Å². The lowest BCUT2D eigenvalue weighted by atomic mass is 10.2. The highest BCUT2D eigenvalue weighted by Crippen LogP contribution is 2.23. The summed E-state index contributed by atoms with van der Waals surface area (Å²) in [5, 5.41) is 4.12. The Morgan fingerprint density at radius 2 is 1.85 bits per heavy atom. The molecule has 0 saturated heterocycles. The quantitative estimate of drug-likeness (QED) is 0.727. The summed E-state index contributed by atoms with van der Waals surface area (Å²) in [6.07, 6.45) is 0. The summed E-state index contributed by atoms with van der Waals surface area (Å²) in [6, 6.07) is 7.62. The molecule has 1 heterocycles. The fourth-order valence-electron chi connectivity index (χ4n) is 2.02. The number of ether oxygens (including phenoxy) is 1. The lowest BCUT2D eigenvalue weighted by Gasteiger charge is -2.12. The highest BCUT2D eigenvalue weighted by molar-refractivity contribution is 7.89. The summed E-state index contributed by atoms with van der Waals surface area (Å²) in [5.74, 6) is -0.849. The lowest BCUT2D eigenvalue weighted by Crippen LogP contribution is -2.26. The largest absolute Gasteiger partial charge is 0.462 e. The van der Waals surface area contributed by atoms with Crippen LogP contribution in [0.3, 0.4) is 0 Å². The number of hydrogen-bond acceptors (Lipinski definition) is 6. The van der Waals surface area contributed by atoms with E-state index in [2.05, 4.69) is 5.32 Å². The number of benzene rings is 1. The second-order valence-corrected chi connectivity index (χ2v) is 8.27. The van der Waals surface area contributed by atoms with Crippen molar-refractivity contribution in [2.45, 2.75) is 18.7 Å². The zero-order valence-electron chi connectivity index (χ0n) is 14.7. The van der Waals surface area contributed by atoms with Gasteiger partial charge in [-0.3, -0.25) is 4.79 Å². The van der Waals surface area contributed by atoms with E-state index in [-0.39, 0.29) is 16.4 Å². The fourth-order valence-corrected chi connectivity index (χ4v) is 4.36. The summed E-state index contributed by atoms with van der Waals surface area (Å²) in [5.41, 5.74) is 0.878. The molecule has 1 amide bonds. The molecule has 2 aromatic rings. The van der Waals surface area contributed by atoms with Crippen molar-refractivity contribution in [1.82, 2.24) is 4.31 Å². The first-order valence-electron chi connectivity index (χ1n) is 7.93. The number of nitrogens with zero attached hydrogens (tertiary/aromatic N) is 1. The molecule has 1 aromatic carbocycles. The molecule has 0 unspecified atom stereocenters. The Morgan fingerprint density at radius 1 is 1.19 bits per heavy atom. The van der Waals surface area contributed by atoms with Gasteiger partial charge in [-0.15, -0.1) is 11.3 Å². The zero-order valence-corrected chi connectivity index (χ0v) is 16.3. The number of hydrogen-bond donors (Lipinski definition) is 1. The molecule has 0 aliphatic heterocycles. The molecule has 9 heteroatoms. The molecule has 2 rings (SSSR count). The highest BCUT2D eigenvalue weighted by Gasteiger charge is 2.22. The van der Waals surface area contributed by atoms with Crippen LogP contribution in [0.5, 0.6) is 0 Å². The molecule has 1 N–H and O–H groups in total. The van der Waals surface area contributed by atoms with Crippen molar-refractivity contribution < 1.29 is 22.7 Å². The molecule has 0 aliphatic carbocycles. The maximum Gasteiger partial charge on any atom is 0.338 e. The van der Waals surface area contributed by atoms with Crippen LogP contribution in [0.4, 0.5) is 5.69 Å². The number of esters is 1. The number of sulfonamides is 1. The Hall–Kier alpha value is -2.23. The van der Waals surface area contributed by atoms with Crippen LogP contribution in [0.25, 0.3) is 0 Å². The normalized spacial score (nSPS) is 11.4. The molecule has 0 radical (unpaired) electrons. The van der Waals surface area contributed by atoms with Crippen LogP contribution in [0, 0.1) is 0 Å². The van der Waals surface area contributed by atoms with Crippen molar-refractivity contribution in [3.63, 3.8) is 0 Å². The number of rotatable bonds is 7. The van der Waals surface area contributed by atoms with Crippen LogP contribution in [-0.2, 0) is 14.8 Å². The number of anilines is 1. The summed E-state index contributed by atoms with van der Waals surface area (Å²) >= 11 is 1.05. The summed E-state index contributed by atoms with van der Waals surface area (Å²) in [4.78, 5) is 24.3. The second-order valence-electron chi connectivity index (χ2n) is 5.32. The van der Waals surface area contributed by atoms with E-state index < -0.39 is 21.9 Å². The van der Waals surface area contributed by atoms with Gasteiger partial charge in [0.1, 0.15) is 0 Å². The predicted octanol–water partition coefficient (Wildman–Crippen LogP) is 2.82. The van der Waals surface area contributed by atoms with Crippen molar-refractivity contribution >= 4 is 38.9 Å². The van der Waals surface area contributed by atoms with E-state index in [1.807, 2.05) is 0 Å². The Kier molecular flexibility index (Phi) is 6.52. The maximum absolute atomic E-state index is 12.3. The molecule has 0 bridgehead atoms. The third-order valence-electron chi connectivity index (χ3n) is 3.61. The van der Waals surface area contributed by atoms with Gasteiger partial charge in [-0.25, -0.2) is 17.5 Å². The standard InChI is InChI=1S/C17H20N2O5S2/c1-4-19(3)26(22,23)14-10-15(25-11-14)16(20)18-13-8-6-12(7-9-13)17(21)24-5-2/h6-11H,4-5H2,1-3H3,(H,18,20). The molecule has 7 nitrogen and oxygen atoms in total. The topological polar surface area (TPSA) is 92.8 Å². The maximum atomic E-state index is 12.3. The molecule has 0 spiro atoms. The Labute approximate surface area is 156 Å². The van der Waals surface area contributed by atoms with Gasteiger partial charge in [-0.2, -0.15) is 0 Å². The summed E-state index contributed by atoms with van der Waals surface area (Å²) in [7, 11) is -2.10. The third-order valence-corrected chi connectivity index (χ3v) is 6.60. The van der Waals surface area contributed by atoms with E-state index in [1.54, 1.807) is 38.1 Å². The smallest absolute Gasteiger partial charge is 0.338 e. The molecule has 140 valence electrons. The number of nitrogens with one attached hydrogen (secondary N) is 1. The molecule has 26 heavy (non-hydrogen) atoms. The monoisotopic (exact) mass is 396 g/mol. The van der Waals surface area contributed by atoms with Crippen LogP contribution in [0.15, 0.2) is 40.6 Å². The van der Waals surface area contributed by atoms with Crippen LogP contribution >= 0.6 is 11.3 Å². The Morgan fingerprint density at radius 3 is 2.42 bits per heavy atom. The number of carbonyl (C=O) groups is 2.